The quantitative estimate of drug-likeness (QED) is 0.461. The van der Waals surface area contributed by atoms with Crippen molar-refractivity contribution in [1.82, 2.24) is 9.55 Å². The average molecular weight is 414 g/mol. The maximum Gasteiger partial charge on any atom is 0.338 e. The number of carbonyl (C=O) groups is 1. The Kier molecular flexibility index (Phi) is 4.87. The first-order chi connectivity index (χ1) is 13.5. The Hall–Kier alpha value is -2.76. The molecule has 5 nitrogen and oxygen atoms in total. The van der Waals surface area contributed by atoms with Gasteiger partial charge in [-0.05, 0) is 36.8 Å². The van der Waals surface area contributed by atoms with Gasteiger partial charge in [0.05, 0.1) is 22.6 Å². The van der Waals surface area contributed by atoms with E-state index in [0.29, 0.717) is 27.3 Å². The van der Waals surface area contributed by atoms with Gasteiger partial charge < -0.3 is 10.1 Å². The van der Waals surface area contributed by atoms with Gasteiger partial charge in [0, 0.05) is 15.7 Å². The van der Waals surface area contributed by atoms with E-state index < -0.39 is 12.0 Å². The second-order valence-electron chi connectivity index (χ2n) is 6.41. The van der Waals surface area contributed by atoms with Crippen molar-refractivity contribution in [2.45, 2.75) is 13.0 Å². The molecule has 0 spiro atoms. The molecule has 2 aromatic carbocycles. The molecule has 4 rings (SSSR count). The van der Waals surface area contributed by atoms with Crippen molar-refractivity contribution in [3.63, 3.8) is 0 Å². The summed E-state index contributed by atoms with van der Waals surface area (Å²) in [5.74, 6) is 0.194. The largest absolute Gasteiger partial charge is 0.458 e. The molecule has 0 unspecified atom stereocenters. The minimum absolute atomic E-state index is 0.119. The van der Waals surface area contributed by atoms with Gasteiger partial charge in [0.2, 0.25) is 5.95 Å². The predicted molar refractivity (Wildman–Crippen MR) is 112 cm³/mol. The molecular weight excluding hydrogens is 397 g/mol. The van der Waals surface area contributed by atoms with Crippen LogP contribution in [0, 0.1) is 0 Å². The van der Waals surface area contributed by atoms with Crippen LogP contribution >= 0.6 is 23.2 Å². The average Bonchev–Trinajstić information content (AvgIpc) is 3.03. The number of benzene rings is 2. The van der Waals surface area contributed by atoms with Crippen LogP contribution in [0.4, 0.5) is 5.95 Å². The monoisotopic (exact) mass is 413 g/mol. The minimum Gasteiger partial charge on any atom is -0.458 e. The van der Waals surface area contributed by atoms with E-state index in [9.17, 15) is 4.79 Å². The third-order valence-electron chi connectivity index (χ3n) is 4.64. The fourth-order valence-electron chi connectivity index (χ4n) is 3.46. The number of rotatable bonds is 4. The van der Waals surface area contributed by atoms with Gasteiger partial charge >= 0.3 is 5.97 Å². The molecule has 1 atom stereocenters. The molecule has 0 saturated heterocycles. The van der Waals surface area contributed by atoms with Gasteiger partial charge in [-0.15, -0.1) is 0 Å². The Labute approximate surface area is 172 Å². The second-order valence-corrected chi connectivity index (χ2v) is 7.26. The Morgan fingerprint density at radius 1 is 1.32 bits per heavy atom. The number of ether oxygens (including phenoxy) is 1. The number of nitrogens with zero attached hydrogens (tertiary/aromatic N) is 2. The number of aromatic nitrogens is 2. The first kappa shape index (κ1) is 18.6. The van der Waals surface area contributed by atoms with Crippen molar-refractivity contribution in [3.8, 4) is 0 Å². The van der Waals surface area contributed by atoms with E-state index in [4.69, 9.17) is 27.9 Å². The predicted octanol–water partition coefficient (Wildman–Crippen LogP) is 5.36. The lowest BCUT2D eigenvalue weighted by Gasteiger charge is -2.30. The van der Waals surface area contributed by atoms with Crippen molar-refractivity contribution in [2.75, 3.05) is 11.9 Å². The smallest absolute Gasteiger partial charge is 0.338 e. The van der Waals surface area contributed by atoms with Crippen LogP contribution < -0.4 is 5.32 Å². The first-order valence-electron chi connectivity index (χ1n) is 8.69. The lowest BCUT2D eigenvalue weighted by Crippen LogP contribution is -2.29. The van der Waals surface area contributed by atoms with Gasteiger partial charge in [-0.1, -0.05) is 54.1 Å². The summed E-state index contributed by atoms with van der Waals surface area (Å²) in [4.78, 5) is 17.6. The lowest BCUT2D eigenvalue weighted by molar-refractivity contribution is -0.138. The summed E-state index contributed by atoms with van der Waals surface area (Å²) in [5, 5.41) is 4.21. The number of hydrogen-bond donors (Lipinski definition) is 1. The highest BCUT2D eigenvalue weighted by atomic mass is 35.5. The van der Waals surface area contributed by atoms with Crippen molar-refractivity contribution in [1.29, 1.82) is 0 Å². The number of nitrogens with one attached hydrogen (secondary N) is 1. The fraction of sp³-hybridized carbons (Fsp3) is 0.143. The molecule has 0 bridgehead atoms. The van der Waals surface area contributed by atoms with Gasteiger partial charge in [-0.2, -0.15) is 0 Å². The minimum atomic E-state index is -0.509. The summed E-state index contributed by atoms with van der Waals surface area (Å²) in [6, 6.07) is 12.5. The summed E-state index contributed by atoms with van der Waals surface area (Å²) in [6.07, 6.45) is 1.53. The number of hydrogen-bond acceptors (Lipinski definition) is 4. The Morgan fingerprint density at radius 2 is 2.11 bits per heavy atom. The molecule has 28 heavy (non-hydrogen) atoms. The van der Waals surface area contributed by atoms with Gasteiger partial charge in [-0.3, -0.25) is 4.57 Å². The fourth-order valence-corrected chi connectivity index (χ4v) is 3.97. The normalized spacial score (nSPS) is 15.9. The molecule has 3 aromatic rings. The van der Waals surface area contributed by atoms with E-state index in [2.05, 4.69) is 16.9 Å². The van der Waals surface area contributed by atoms with Crippen LogP contribution in [-0.2, 0) is 9.53 Å². The Bertz CT molecular complexity index is 1130. The molecule has 1 N–H and O–H groups in total. The highest BCUT2D eigenvalue weighted by Crippen LogP contribution is 2.42. The zero-order valence-electron chi connectivity index (χ0n) is 15.1. The maximum atomic E-state index is 12.9. The zero-order valence-corrected chi connectivity index (χ0v) is 16.6. The molecule has 0 amide bonds. The molecule has 1 aliphatic rings. The third kappa shape index (κ3) is 3.07. The number of esters is 1. The van der Waals surface area contributed by atoms with Crippen molar-refractivity contribution < 1.29 is 9.53 Å². The molecule has 2 heterocycles. The van der Waals surface area contributed by atoms with Crippen LogP contribution in [0.1, 0.15) is 18.5 Å². The zero-order chi connectivity index (χ0) is 19.8. The van der Waals surface area contributed by atoms with Gasteiger partial charge in [0.15, 0.2) is 0 Å². The van der Waals surface area contributed by atoms with E-state index in [0.717, 1.165) is 16.6 Å². The lowest BCUT2D eigenvalue weighted by atomic mass is 9.95. The van der Waals surface area contributed by atoms with Crippen LogP contribution in [0.3, 0.4) is 0 Å². The standard InChI is InChI=1S/C21H17Cl2N3O2/c1-3-10-28-20(27)18-12(2)24-21-25-16-6-4-5-7-17(16)26(21)19(18)14-9-8-13(22)11-15(14)23/h3-9,11,19H,1,10H2,2H3,(H,24,25)/t19-/m0/s1. The van der Waals surface area contributed by atoms with E-state index in [1.165, 1.54) is 6.08 Å². The highest BCUT2D eigenvalue weighted by Gasteiger charge is 2.35. The number of fused-ring (bicyclic) bond motifs is 3. The summed E-state index contributed by atoms with van der Waals surface area (Å²) in [6.45, 7) is 5.55. The van der Waals surface area contributed by atoms with Gasteiger partial charge in [0.1, 0.15) is 6.61 Å². The maximum absolute atomic E-state index is 12.9. The van der Waals surface area contributed by atoms with Crippen molar-refractivity contribution >= 4 is 46.2 Å². The molecule has 0 radical (unpaired) electrons. The molecule has 0 saturated carbocycles. The number of para-hydroxylation sites is 2. The number of carbonyl (C=O) groups excluding carboxylic acids is 1. The van der Waals surface area contributed by atoms with E-state index in [1.54, 1.807) is 12.1 Å². The molecular formula is C21H17Cl2N3O2. The summed E-state index contributed by atoms with van der Waals surface area (Å²) >= 11 is 12.6. The molecule has 1 aromatic heterocycles. The second kappa shape index (κ2) is 7.34. The Balaban J connectivity index is 1.97. The van der Waals surface area contributed by atoms with Crippen molar-refractivity contribution in [2.24, 2.45) is 0 Å². The van der Waals surface area contributed by atoms with Gasteiger partial charge in [-0.25, -0.2) is 9.78 Å². The summed E-state index contributed by atoms with van der Waals surface area (Å²) < 4.78 is 7.32. The summed E-state index contributed by atoms with van der Waals surface area (Å²) in [7, 11) is 0. The molecule has 142 valence electrons. The van der Waals surface area contributed by atoms with Crippen LogP contribution in [0.2, 0.25) is 10.0 Å². The third-order valence-corrected chi connectivity index (χ3v) is 5.20. The van der Waals surface area contributed by atoms with Gasteiger partial charge in [0.25, 0.3) is 0 Å². The number of imidazole rings is 1. The number of anilines is 1. The van der Waals surface area contributed by atoms with Crippen LogP contribution in [0.25, 0.3) is 11.0 Å². The first-order valence-corrected chi connectivity index (χ1v) is 9.44. The van der Waals surface area contributed by atoms with Crippen molar-refractivity contribution in [3.05, 3.63) is 82.0 Å². The SMILES string of the molecule is C=CCOC(=O)C1=C(C)Nc2nc3ccccc3n2[C@H]1c1ccc(Cl)cc1Cl. The van der Waals surface area contributed by atoms with E-state index >= 15 is 0 Å². The molecule has 7 heteroatoms. The van der Waals surface area contributed by atoms with Crippen LogP contribution in [0.5, 0.6) is 0 Å². The number of halogens is 2. The highest BCUT2D eigenvalue weighted by molar-refractivity contribution is 6.35. The molecule has 0 fully saturated rings. The number of allylic oxidation sites excluding steroid dienone is 1. The topological polar surface area (TPSA) is 56.1 Å². The summed E-state index contributed by atoms with van der Waals surface area (Å²) in [5.41, 5.74) is 3.55. The molecule has 0 aliphatic carbocycles. The Morgan fingerprint density at radius 3 is 2.86 bits per heavy atom. The van der Waals surface area contributed by atoms with E-state index in [-0.39, 0.29) is 6.61 Å². The van der Waals surface area contributed by atoms with Crippen LogP contribution in [0.15, 0.2) is 66.4 Å². The molecule has 1 aliphatic heterocycles. The van der Waals surface area contributed by atoms with E-state index in [1.807, 2.05) is 41.8 Å². The van der Waals surface area contributed by atoms with Crippen LogP contribution in [-0.4, -0.2) is 22.1 Å².